The maximum absolute atomic E-state index is 14.0. The second-order valence-corrected chi connectivity index (χ2v) is 7.26. The smallest absolute Gasteiger partial charge is 0.256 e. The van der Waals surface area contributed by atoms with Crippen LogP contribution < -0.4 is 4.74 Å². The molecule has 0 bridgehead atoms. The molecule has 1 fully saturated rings. The SMILES string of the molecule is O=C(c1ccccc1F)N1CCN(C2=Nc3ccccc3Oc3ccccc32)CC1. The maximum Gasteiger partial charge on any atom is 0.256 e. The minimum absolute atomic E-state index is 0.116. The molecule has 0 aliphatic carbocycles. The van der Waals surface area contributed by atoms with Crippen LogP contribution in [0.25, 0.3) is 0 Å². The highest BCUT2D eigenvalue weighted by molar-refractivity contribution is 6.04. The molecule has 2 heterocycles. The van der Waals surface area contributed by atoms with Gasteiger partial charge in [-0.1, -0.05) is 36.4 Å². The highest BCUT2D eigenvalue weighted by atomic mass is 19.1. The molecule has 5 nitrogen and oxygen atoms in total. The Balaban J connectivity index is 1.41. The van der Waals surface area contributed by atoms with Crippen LogP contribution in [0.1, 0.15) is 15.9 Å². The zero-order valence-corrected chi connectivity index (χ0v) is 16.3. The van der Waals surface area contributed by atoms with Gasteiger partial charge < -0.3 is 14.5 Å². The molecule has 0 aromatic heterocycles. The largest absolute Gasteiger partial charge is 0.454 e. The van der Waals surface area contributed by atoms with Gasteiger partial charge in [0.2, 0.25) is 0 Å². The summed E-state index contributed by atoms with van der Waals surface area (Å²) in [6.45, 7) is 2.21. The third-order valence-corrected chi connectivity index (χ3v) is 5.41. The van der Waals surface area contributed by atoms with Crippen LogP contribution in [-0.2, 0) is 0 Å². The summed E-state index contributed by atoms with van der Waals surface area (Å²) >= 11 is 0. The maximum atomic E-state index is 14.0. The van der Waals surface area contributed by atoms with Crippen molar-refractivity contribution in [2.45, 2.75) is 0 Å². The molecule has 1 amide bonds. The van der Waals surface area contributed by atoms with Crippen LogP contribution in [0, 0.1) is 5.82 Å². The van der Waals surface area contributed by atoms with E-state index in [4.69, 9.17) is 9.73 Å². The summed E-state index contributed by atoms with van der Waals surface area (Å²) in [5.41, 5.74) is 1.81. The number of para-hydroxylation sites is 3. The molecular formula is C24H20FN3O2. The van der Waals surface area contributed by atoms with Crippen molar-refractivity contribution in [1.82, 2.24) is 9.80 Å². The molecular weight excluding hydrogens is 381 g/mol. The van der Waals surface area contributed by atoms with E-state index in [-0.39, 0.29) is 11.5 Å². The van der Waals surface area contributed by atoms with Crippen molar-refractivity contribution in [3.05, 3.63) is 89.7 Å². The molecule has 0 saturated carbocycles. The molecule has 6 heteroatoms. The van der Waals surface area contributed by atoms with Crippen LogP contribution in [0.3, 0.4) is 0 Å². The molecule has 30 heavy (non-hydrogen) atoms. The van der Waals surface area contributed by atoms with Gasteiger partial charge in [-0.15, -0.1) is 0 Å². The Labute approximate surface area is 174 Å². The fourth-order valence-corrected chi connectivity index (χ4v) is 3.84. The van der Waals surface area contributed by atoms with E-state index in [9.17, 15) is 9.18 Å². The Kier molecular flexibility index (Phi) is 4.67. The van der Waals surface area contributed by atoms with Crippen molar-refractivity contribution in [3.8, 4) is 11.5 Å². The number of ether oxygens (including phenoxy) is 1. The molecule has 5 rings (SSSR count). The monoisotopic (exact) mass is 401 g/mol. The fraction of sp³-hybridized carbons (Fsp3) is 0.167. The Morgan fingerprint density at radius 1 is 0.833 bits per heavy atom. The summed E-state index contributed by atoms with van der Waals surface area (Å²) in [5, 5.41) is 0. The number of piperazine rings is 1. The Hall–Kier alpha value is -3.67. The molecule has 0 N–H and O–H groups in total. The van der Waals surface area contributed by atoms with Gasteiger partial charge in [0.1, 0.15) is 23.1 Å². The van der Waals surface area contributed by atoms with Gasteiger partial charge in [0.05, 0.1) is 11.1 Å². The molecule has 0 unspecified atom stereocenters. The summed E-state index contributed by atoms with van der Waals surface area (Å²) in [5.74, 6) is 1.54. The van der Waals surface area contributed by atoms with E-state index < -0.39 is 5.82 Å². The van der Waals surface area contributed by atoms with Crippen molar-refractivity contribution in [2.75, 3.05) is 26.2 Å². The first-order chi connectivity index (χ1) is 14.7. The number of rotatable bonds is 1. The molecule has 1 saturated heterocycles. The fourth-order valence-electron chi connectivity index (χ4n) is 3.84. The van der Waals surface area contributed by atoms with Gasteiger partial charge in [-0.2, -0.15) is 0 Å². The lowest BCUT2D eigenvalue weighted by molar-refractivity contribution is 0.0687. The van der Waals surface area contributed by atoms with Crippen LogP contribution in [-0.4, -0.2) is 47.7 Å². The van der Waals surface area contributed by atoms with Crippen molar-refractivity contribution in [2.24, 2.45) is 4.99 Å². The number of amides is 1. The summed E-state index contributed by atoms with van der Waals surface area (Å²) in [7, 11) is 0. The molecule has 2 aliphatic rings. The van der Waals surface area contributed by atoms with Crippen molar-refractivity contribution in [3.63, 3.8) is 0 Å². The van der Waals surface area contributed by atoms with Crippen LogP contribution in [0.15, 0.2) is 77.8 Å². The van der Waals surface area contributed by atoms with E-state index in [2.05, 4.69) is 4.90 Å². The highest BCUT2D eigenvalue weighted by Gasteiger charge is 2.28. The standard InChI is InChI=1S/C24H20FN3O2/c25-19-9-3-1-7-17(19)24(29)28-15-13-27(14-16-28)23-18-8-2-5-11-21(18)30-22-12-6-4-10-20(22)26-23/h1-12H,13-16H2. The van der Waals surface area contributed by atoms with E-state index in [0.29, 0.717) is 31.9 Å². The molecule has 0 spiro atoms. The zero-order valence-electron chi connectivity index (χ0n) is 16.3. The summed E-state index contributed by atoms with van der Waals surface area (Å²) < 4.78 is 20.1. The van der Waals surface area contributed by atoms with E-state index in [1.54, 1.807) is 17.0 Å². The predicted molar refractivity (Wildman–Crippen MR) is 113 cm³/mol. The number of amidine groups is 1. The molecule has 3 aromatic rings. The molecule has 150 valence electrons. The molecule has 2 aliphatic heterocycles. The number of benzene rings is 3. The number of carbonyl (C=O) groups is 1. The number of aliphatic imine (C=N–C) groups is 1. The minimum atomic E-state index is -0.485. The Morgan fingerprint density at radius 3 is 2.30 bits per heavy atom. The van der Waals surface area contributed by atoms with Crippen LogP contribution >= 0.6 is 0 Å². The van der Waals surface area contributed by atoms with E-state index >= 15 is 0 Å². The molecule has 0 atom stereocenters. The van der Waals surface area contributed by atoms with Crippen LogP contribution in [0.5, 0.6) is 11.5 Å². The third kappa shape index (κ3) is 3.30. The number of halogens is 1. The topological polar surface area (TPSA) is 45.1 Å². The van der Waals surface area contributed by atoms with E-state index in [1.165, 1.54) is 12.1 Å². The number of fused-ring (bicyclic) bond motifs is 2. The molecule has 3 aromatic carbocycles. The van der Waals surface area contributed by atoms with Gasteiger partial charge >= 0.3 is 0 Å². The average molecular weight is 401 g/mol. The summed E-state index contributed by atoms with van der Waals surface area (Å²) in [4.78, 5) is 21.5. The molecule has 0 radical (unpaired) electrons. The van der Waals surface area contributed by atoms with Crippen LogP contribution in [0.4, 0.5) is 10.1 Å². The predicted octanol–water partition coefficient (Wildman–Crippen LogP) is 4.47. The number of carbonyl (C=O) groups excluding carboxylic acids is 1. The first-order valence-corrected chi connectivity index (χ1v) is 9.94. The van der Waals surface area contributed by atoms with Gasteiger partial charge in [-0.05, 0) is 36.4 Å². The van der Waals surface area contributed by atoms with Gasteiger partial charge in [0.25, 0.3) is 5.91 Å². The van der Waals surface area contributed by atoms with Gasteiger partial charge in [0.15, 0.2) is 5.75 Å². The van der Waals surface area contributed by atoms with Crippen LogP contribution in [0.2, 0.25) is 0 Å². The summed E-state index contributed by atoms with van der Waals surface area (Å²) in [6.07, 6.45) is 0. The van der Waals surface area contributed by atoms with Crippen molar-refractivity contribution in [1.29, 1.82) is 0 Å². The second-order valence-electron chi connectivity index (χ2n) is 7.26. The average Bonchev–Trinajstić information content (AvgIpc) is 2.96. The van der Waals surface area contributed by atoms with E-state index in [1.807, 2.05) is 48.5 Å². The van der Waals surface area contributed by atoms with Gasteiger partial charge in [-0.25, -0.2) is 9.38 Å². The number of hydrogen-bond donors (Lipinski definition) is 0. The lowest BCUT2D eigenvalue weighted by Crippen LogP contribution is -2.51. The minimum Gasteiger partial charge on any atom is -0.454 e. The highest BCUT2D eigenvalue weighted by Crippen LogP contribution is 2.37. The quantitative estimate of drug-likeness (QED) is 0.605. The second kappa shape index (κ2) is 7.63. The number of hydrogen-bond acceptors (Lipinski definition) is 4. The first-order valence-electron chi connectivity index (χ1n) is 9.94. The normalized spacial score (nSPS) is 15.4. The van der Waals surface area contributed by atoms with Gasteiger partial charge in [0, 0.05) is 26.2 Å². The van der Waals surface area contributed by atoms with Crippen molar-refractivity contribution < 1.29 is 13.9 Å². The summed E-state index contributed by atoms with van der Waals surface area (Å²) in [6, 6.07) is 21.7. The zero-order chi connectivity index (χ0) is 20.5. The lowest BCUT2D eigenvalue weighted by atomic mass is 10.1. The number of nitrogens with zero attached hydrogens (tertiary/aromatic N) is 3. The lowest BCUT2D eigenvalue weighted by Gasteiger charge is -2.36. The Morgan fingerprint density at radius 2 is 1.50 bits per heavy atom. The Bertz CT molecular complexity index is 1140. The van der Waals surface area contributed by atoms with E-state index in [0.717, 1.165) is 22.8 Å². The van der Waals surface area contributed by atoms with Gasteiger partial charge in [-0.3, -0.25) is 4.79 Å². The third-order valence-electron chi connectivity index (χ3n) is 5.41. The first kappa shape index (κ1) is 18.4. The van der Waals surface area contributed by atoms with Crippen molar-refractivity contribution >= 4 is 17.4 Å².